The Bertz CT molecular complexity index is 714. The summed E-state index contributed by atoms with van der Waals surface area (Å²) in [6.07, 6.45) is 0. The highest BCUT2D eigenvalue weighted by atomic mass is 16.1. The maximum absolute atomic E-state index is 12.3. The van der Waals surface area contributed by atoms with Crippen LogP contribution in [0.4, 0.5) is 11.4 Å². The predicted molar refractivity (Wildman–Crippen MR) is 84.6 cm³/mol. The number of carbonyl (C=O) groups excluding carboxylic acids is 1. The number of amides is 1. The Morgan fingerprint density at radius 1 is 1.19 bits per heavy atom. The van der Waals surface area contributed by atoms with Gasteiger partial charge in [0.15, 0.2) is 0 Å². The summed E-state index contributed by atoms with van der Waals surface area (Å²) in [5.41, 5.74) is 3.66. The lowest BCUT2D eigenvalue weighted by molar-refractivity contribution is 0.102. The van der Waals surface area contributed by atoms with Crippen LogP contribution in [-0.4, -0.2) is 20.0 Å². The quantitative estimate of drug-likeness (QED) is 0.938. The molecule has 0 radical (unpaired) electrons. The average molecular weight is 279 g/mol. The van der Waals surface area contributed by atoms with E-state index in [0.717, 1.165) is 11.3 Å². The second kappa shape index (κ2) is 6.10. The fourth-order valence-electron chi connectivity index (χ4n) is 1.95. The monoisotopic (exact) mass is 279 g/mol. The van der Waals surface area contributed by atoms with Gasteiger partial charge in [-0.1, -0.05) is 12.1 Å². The van der Waals surface area contributed by atoms with Gasteiger partial charge in [0.2, 0.25) is 0 Å². The first-order valence-corrected chi connectivity index (χ1v) is 6.61. The van der Waals surface area contributed by atoms with Gasteiger partial charge in [0, 0.05) is 31.0 Å². The highest BCUT2D eigenvalue weighted by Gasteiger charge is 2.09. The summed E-state index contributed by atoms with van der Waals surface area (Å²) < 4.78 is 0. The first kappa shape index (κ1) is 14.6. The third-order valence-electron chi connectivity index (χ3n) is 3.24. The summed E-state index contributed by atoms with van der Waals surface area (Å²) in [6, 6.07) is 14.7. The normalized spacial score (nSPS) is 9.81. The van der Waals surface area contributed by atoms with Gasteiger partial charge >= 0.3 is 0 Å². The van der Waals surface area contributed by atoms with E-state index in [-0.39, 0.29) is 5.91 Å². The summed E-state index contributed by atoms with van der Waals surface area (Å²) in [6.45, 7) is 1.90. The number of carbonyl (C=O) groups is 1. The molecular formula is C17H17N3O. The largest absolute Gasteiger partial charge is 0.378 e. The maximum Gasteiger partial charge on any atom is 0.255 e. The fourth-order valence-corrected chi connectivity index (χ4v) is 1.95. The molecule has 4 heteroatoms. The van der Waals surface area contributed by atoms with E-state index in [1.807, 2.05) is 50.2 Å². The standard InChI is InChI=1S/C17H17N3O/c1-12-7-8-13(11-18)9-16(12)19-17(21)14-5-4-6-15(10-14)20(2)3/h4-10H,1-3H3,(H,19,21). The molecule has 0 fully saturated rings. The van der Waals surface area contributed by atoms with Crippen LogP contribution in [0.15, 0.2) is 42.5 Å². The molecule has 0 atom stereocenters. The molecule has 0 spiro atoms. The molecule has 1 N–H and O–H groups in total. The second-order valence-electron chi connectivity index (χ2n) is 5.04. The van der Waals surface area contributed by atoms with E-state index in [9.17, 15) is 4.79 Å². The van der Waals surface area contributed by atoms with E-state index in [4.69, 9.17) is 5.26 Å². The molecule has 106 valence electrons. The van der Waals surface area contributed by atoms with Gasteiger partial charge in [-0.3, -0.25) is 4.79 Å². The van der Waals surface area contributed by atoms with Crippen molar-refractivity contribution >= 4 is 17.3 Å². The SMILES string of the molecule is Cc1ccc(C#N)cc1NC(=O)c1cccc(N(C)C)c1. The van der Waals surface area contributed by atoms with Crippen LogP contribution in [0.3, 0.4) is 0 Å². The number of aryl methyl sites for hydroxylation is 1. The maximum atomic E-state index is 12.3. The van der Waals surface area contributed by atoms with Gasteiger partial charge in [0.25, 0.3) is 5.91 Å². The van der Waals surface area contributed by atoms with Crippen molar-refractivity contribution in [2.24, 2.45) is 0 Å². The predicted octanol–water partition coefficient (Wildman–Crippen LogP) is 3.19. The summed E-state index contributed by atoms with van der Waals surface area (Å²) in [5.74, 6) is -0.183. The lowest BCUT2D eigenvalue weighted by Gasteiger charge is -2.14. The molecule has 0 aliphatic heterocycles. The summed E-state index contributed by atoms with van der Waals surface area (Å²) in [7, 11) is 3.86. The van der Waals surface area contributed by atoms with Crippen LogP contribution in [-0.2, 0) is 0 Å². The van der Waals surface area contributed by atoms with E-state index in [1.54, 1.807) is 18.2 Å². The number of benzene rings is 2. The van der Waals surface area contributed by atoms with Crippen molar-refractivity contribution < 1.29 is 4.79 Å². The molecule has 21 heavy (non-hydrogen) atoms. The van der Waals surface area contributed by atoms with Gasteiger partial charge in [0.1, 0.15) is 0 Å². The Hall–Kier alpha value is -2.80. The second-order valence-corrected chi connectivity index (χ2v) is 5.04. The van der Waals surface area contributed by atoms with Crippen molar-refractivity contribution in [3.05, 3.63) is 59.2 Å². The topological polar surface area (TPSA) is 56.1 Å². The number of hydrogen-bond acceptors (Lipinski definition) is 3. The van der Waals surface area contributed by atoms with Crippen molar-refractivity contribution in [3.8, 4) is 6.07 Å². The minimum atomic E-state index is -0.183. The number of rotatable bonds is 3. The Morgan fingerprint density at radius 2 is 1.95 bits per heavy atom. The average Bonchev–Trinajstić information content (AvgIpc) is 2.49. The van der Waals surface area contributed by atoms with E-state index in [0.29, 0.717) is 16.8 Å². The molecule has 0 saturated heterocycles. The summed E-state index contributed by atoms with van der Waals surface area (Å²) in [4.78, 5) is 14.3. The van der Waals surface area contributed by atoms with Crippen LogP contribution in [0.5, 0.6) is 0 Å². The first-order valence-electron chi connectivity index (χ1n) is 6.61. The van der Waals surface area contributed by atoms with Gasteiger partial charge in [-0.2, -0.15) is 5.26 Å². The summed E-state index contributed by atoms with van der Waals surface area (Å²) in [5, 5.41) is 11.8. The molecule has 4 nitrogen and oxygen atoms in total. The van der Waals surface area contributed by atoms with Gasteiger partial charge in [0.05, 0.1) is 11.6 Å². The van der Waals surface area contributed by atoms with E-state index in [1.165, 1.54) is 0 Å². The zero-order valence-electron chi connectivity index (χ0n) is 12.3. The van der Waals surface area contributed by atoms with Crippen LogP contribution in [0.2, 0.25) is 0 Å². The van der Waals surface area contributed by atoms with Crippen LogP contribution < -0.4 is 10.2 Å². The molecule has 0 aliphatic rings. The Balaban J connectivity index is 2.26. The zero-order valence-corrected chi connectivity index (χ0v) is 12.3. The molecule has 0 saturated carbocycles. The molecule has 2 aromatic carbocycles. The molecule has 2 aromatic rings. The molecule has 1 amide bonds. The third-order valence-corrected chi connectivity index (χ3v) is 3.24. The van der Waals surface area contributed by atoms with Crippen molar-refractivity contribution in [1.82, 2.24) is 0 Å². The van der Waals surface area contributed by atoms with Gasteiger partial charge in [-0.25, -0.2) is 0 Å². The summed E-state index contributed by atoms with van der Waals surface area (Å²) >= 11 is 0. The van der Waals surface area contributed by atoms with Crippen molar-refractivity contribution in [3.63, 3.8) is 0 Å². The highest BCUT2D eigenvalue weighted by Crippen LogP contribution is 2.19. The number of nitrogens with zero attached hydrogens (tertiary/aromatic N) is 2. The van der Waals surface area contributed by atoms with Gasteiger partial charge < -0.3 is 10.2 Å². The highest BCUT2D eigenvalue weighted by molar-refractivity contribution is 6.05. The van der Waals surface area contributed by atoms with Crippen molar-refractivity contribution in [1.29, 1.82) is 5.26 Å². The van der Waals surface area contributed by atoms with Gasteiger partial charge in [-0.05, 0) is 42.8 Å². The van der Waals surface area contributed by atoms with E-state index >= 15 is 0 Å². The number of nitrogens with one attached hydrogen (secondary N) is 1. The fraction of sp³-hybridized carbons (Fsp3) is 0.176. The Labute approximate surface area is 124 Å². The smallest absolute Gasteiger partial charge is 0.255 e. The van der Waals surface area contributed by atoms with Crippen molar-refractivity contribution in [2.75, 3.05) is 24.3 Å². The molecule has 0 unspecified atom stereocenters. The minimum Gasteiger partial charge on any atom is -0.378 e. The Morgan fingerprint density at radius 3 is 2.62 bits per heavy atom. The minimum absolute atomic E-state index is 0.183. The lowest BCUT2D eigenvalue weighted by Crippen LogP contribution is -2.14. The van der Waals surface area contributed by atoms with Crippen molar-refractivity contribution in [2.45, 2.75) is 6.92 Å². The van der Waals surface area contributed by atoms with Gasteiger partial charge in [-0.15, -0.1) is 0 Å². The molecule has 0 heterocycles. The number of hydrogen-bond donors (Lipinski definition) is 1. The molecule has 0 bridgehead atoms. The molecule has 0 aromatic heterocycles. The van der Waals surface area contributed by atoms with Crippen LogP contribution in [0.1, 0.15) is 21.5 Å². The van der Waals surface area contributed by atoms with Crippen LogP contribution >= 0.6 is 0 Å². The Kier molecular flexibility index (Phi) is 4.24. The lowest BCUT2D eigenvalue weighted by atomic mass is 10.1. The van der Waals surface area contributed by atoms with Crippen LogP contribution in [0, 0.1) is 18.3 Å². The number of anilines is 2. The molecule has 2 rings (SSSR count). The zero-order chi connectivity index (χ0) is 15.4. The first-order chi connectivity index (χ1) is 10.0. The van der Waals surface area contributed by atoms with E-state index < -0.39 is 0 Å². The molecular weight excluding hydrogens is 262 g/mol. The third kappa shape index (κ3) is 3.40. The van der Waals surface area contributed by atoms with Crippen LogP contribution in [0.25, 0.3) is 0 Å². The number of nitriles is 1. The van der Waals surface area contributed by atoms with E-state index in [2.05, 4.69) is 11.4 Å². The molecule has 0 aliphatic carbocycles.